The fraction of sp³-hybridized carbons (Fsp3) is 0.269. The SMILES string of the molecule is CCOC(=O)C1=C(C)N=c2s/c(=C\c3cc(I)c(OC(C)C)c(I)c3)c(=O)n2[C@H]1c1ccccc1Cl. The molecular formula is C26H23ClI2N2O4S. The molecule has 0 bridgehead atoms. The fourth-order valence-electron chi connectivity index (χ4n) is 3.95. The van der Waals surface area contributed by atoms with E-state index in [4.69, 9.17) is 21.1 Å². The number of allylic oxidation sites excluding steroid dienone is 1. The van der Waals surface area contributed by atoms with E-state index in [2.05, 4.69) is 50.2 Å². The molecule has 1 aliphatic heterocycles. The number of fused-ring (bicyclic) bond motifs is 1. The Labute approximate surface area is 245 Å². The fourth-order valence-corrected chi connectivity index (χ4v) is 7.30. The van der Waals surface area contributed by atoms with Crippen molar-refractivity contribution in [3.8, 4) is 5.75 Å². The Morgan fingerprint density at radius 3 is 2.53 bits per heavy atom. The van der Waals surface area contributed by atoms with Crippen LogP contribution in [0.1, 0.15) is 44.9 Å². The summed E-state index contributed by atoms with van der Waals surface area (Å²) >= 11 is 12.3. The van der Waals surface area contributed by atoms with Crippen molar-refractivity contribution < 1.29 is 14.3 Å². The Kier molecular flexibility index (Phi) is 8.63. The van der Waals surface area contributed by atoms with Gasteiger partial charge in [-0.2, -0.15) is 0 Å². The quantitative estimate of drug-likeness (QED) is 0.249. The van der Waals surface area contributed by atoms with E-state index in [-0.39, 0.29) is 18.3 Å². The predicted octanol–water partition coefficient (Wildman–Crippen LogP) is 5.45. The number of rotatable bonds is 6. The molecule has 3 aromatic rings. The van der Waals surface area contributed by atoms with Crippen molar-refractivity contribution >= 4 is 80.2 Å². The van der Waals surface area contributed by atoms with E-state index in [9.17, 15) is 9.59 Å². The van der Waals surface area contributed by atoms with E-state index in [1.807, 2.05) is 50.3 Å². The van der Waals surface area contributed by atoms with Gasteiger partial charge in [-0.05, 0) is 108 Å². The molecule has 6 nitrogen and oxygen atoms in total. The number of ether oxygens (including phenoxy) is 2. The van der Waals surface area contributed by atoms with Crippen molar-refractivity contribution in [3.63, 3.8) is 0 Å². The van der Waals surface area contributed by atoms with Gasteiger partial charge >= 0.3 is 5.97 Å². The summed E-state index contributed by atoms with van der Waals surface area (Å²) < 4.78 is 15.2. The van der Waals surface area contributed by atoms with Crippen LogP contribution in [0, 0.1) is 7.14 Å². The minimum absolute atomic E-state index is 0.0585. The number of halogens is 3. The Hall–Kier alpha value is -1.70. The van der Waals surface area contributed by atoms with Crippen LogP contribution in [-0.4, -0.2) is 23.2 Å². The van der Waals surface area contributed by atoms with Crippen LogP contribution in [0.15, 0.2) is 57.5 Å². The van der Waals surface area contributed by atoms with Crippen LogP contribution in [0.5, 0.6) is 5.75 Å². The number of carbonyl (C=O) groups excluding carboxylic acids is 1. The summed E-state index contributed by atoms with van der Waals surface area (Å²) in [6.07, 6.45) is 1.91. The van der Waals surface area contributed by atoms with Crippen LogP contribution in [0.3, 0.4) is 0 Å². The second-order valence-electron chi connectivity index (χ2n) is 8.30. The Morgan fingerprint density at radius 2 is 1.92 bits per heavy atom. The van der Waals surface area contributed by atoms with Gasteiger partial charge in [0.05, 0.1) is 35.7 Å². The molecule has 0 amide bonds. The van der Waals surface area contributed by atoms with Gasteiger partial charge in [0.1, 0.15) is 11.8 Å². The molecule has 0 spiro atoms. The molecule has 0 unspecified atom stereocenters. The van der Waals surface area contributed by atoms with Gasteiger partial charge in [0.25, 0.3) is 5.56 Å². The van der Waals surface area contributed by atoms with Gasteiger partial charge in [-0.25, -0.2) is 9.79 Å². The number of aromatic nitrogens is 1. The standard InChI is InChI=1S/C26H23ClI2N2O4S/c1-5-34-25(33)21-14(4)30-26-31(22(21)16-8-6-7-9-17(16)27)24(32)20(36-26)12-15-10-18(28)23(19(29)11-15)35-13(2)3/h6-13,22H,5H2,1-4H3/b20-12-/t22-/m0/s1. The topological polar surface area (TPSA) is 69.9 Å². The van der Waals surface area contributed by atoms with Crippen LogP contribution in [0.4, 0.5) is 0 Å². The van der Waals surface area contributed by atoms with E-state index in [1.54, 1.807) is 24.5 Å². The number of hydrogen-bond acceptors (Lipinski definition) is 6. The van der Waals surface area contributed by atoms with E-state index in [0.29, 0.717) is 31.2 Å². The number of nitrogens with zero attached hydrogens (tertiary/aromatic N) is 2. The predicted molar refractivity (Wildman–Crippen MR) is 159 cm³/mol. The molecule has 0 N–H and O–H groups in total. The van der Waals surface area contributed by atoms with E-state index < -0.39 is 12.0 Å². The molecule has 10 heteroatoms. The summed E-state index contributed by atoms with van der Waals surface area (Å²) in [5.41, 5.74) is 2.09. The third-order valence-electron chi connectivity index (χ3n) is 5.39. The summed E-state index contributed by atoms with van der Waals surface area (Å²) in [7, 11) is 0. The molecule has 188 valence electrons. The Balaban J connectivity index is 1.92. The average Bonchev–Trinajstić information content (AvgIpc) is 3.10. The Bertz CT molecular complexity index is 1540. The van der Waals surface area contributed by atoms with Crippen LogP contribution >= 0.6 is 68.1 Å². The minimum atomic E-state index is -0.738. The van der Waals surface area contributed by atoms with Crippen LogP contribution < -0.4 is 19.6 Å². The lowest BCUT2D eigenvalue weighted by Crippen LogP contribution is -2.40. The van der Waals surface area contributed by atoms with Gasteiger partial charge in [-0.3, -0.25) is 9.36 Å². The average molecular weight is 749 g/mol. The largest absolute Gasteiger partial charge is 0.489 e. The summed E-state index contributed by atoms with van der Waals surface area (Å²) in [5, 5.41) is 0.457. The van der Waals surface area contributed by atoms with Crippen molar-refractivity contribution in [2.45, 2.75) is 39.8 Å². The molecule has 2 heterocycles. The first-order valence-electron chi connectivity index (χ1n) is 11.2. The monoisotopic (exact) mass is 748 g/mol. The van der Waals surface area contributed by atoms with Gasteiger partial charge in [0.2, 0.25) is 0 Å². The maximum absolute atomic E-state index is 13.8. The zero-order chi connectivity index (χ0) is 26.1. The first-order chi connectivity index (χ1) is 17.1. The molecule has 2 aromatic carbocycles. The maximum atomic E-state index is 13.8. The van der Waals surface area contributed by atoms with Gasteiger partial charge in [0.15, 0.2) is 4.80 Å². The van der Waals surface area contributed by atoms with E-state index >= 15 is 0 Å². The molecule has 0 aliphatic carbocycles. The molecule has 0 saturated heterocycles. The number of carbonyl (C=O) groups is 1. The highest BCUT2D eigenvalue weighted by Gasteiger charge is 2.34. The summed E-state index contributed by atoms with van der Waals surface area (Å²) in [4.78, 5) is 31.9. The smallest absolute Gasteiger partial charge is 0.338 e. The number of thiazole rings is 1. The van der Waals surface area contributed by atoms with Gasteiger partial charge in [-0.15, -0.1) is 0 Å². The molecule has 1 aromatic heterocycles. The first-order valence-corrected chi connectivity index (χ1v) is 14.6. The third kappa shape index (κ3) is 5.44. The summed E-state index contributed by atoms with van der Waals surface area (Å²) in [6.45, 7) is 7.69. The van der Waals surface area contributed by atoms with Crippen molar-refractivity contribution in [1.29, 1.82) is 0 Å². The normalized spacial score (nSPS) is 15.7. The van der Waals surface area contributed by atoms with Crippen LogP contribution in [-0.2, 0) is 9.53 Å². The molecule has 1 atom stereocenters. The Morgan fingerprint density at radius 1 is 1.25 bits per heavy atom. The lowest BCUT2D eigenvalue weighted by molar-refractivity contribution is -0.139. The summed E-state index contributed by atoms with van der Waals surface area (Å²) in [6, 6.07) is 10.4. The number of esters is 1. The van der Waals surface area contributed by atoms with Crippen LogP contribution in [0.2, 0.25) is 5.02 Å². The zero-order valence-corrected chi connectivity index (χ0v) is 25.9. The highest BCUT2D eigenvalue weighted by molar-refractivity contribution is 14.1. The molecule has 1 aliphatic rings. The van der Waals surface area contributed by atoms with Crippen molar-refractivity contribution in [2.75, 3.05) is 6.61 Å². The molecule has 36 heavy (non-hydrogen) atoms. The maximum Gasteiger partial charge on any atom is 0.338 e. The second-order valence-corrected chi connectivity index (χ2v) is 12.0. The van der Waals surface area contributed by atoms with Gasteiger partial charge < -0.3 is 9.47 Å². The van der Waals surface area contributed by atoms with Gasteiger partial charge in [-0.1, -0.05) is 41.1 Å². The molecule has 0 fully saturated rings. The highest BCUT2D eigenvalue weighted by atomic mass is 127. The number of benzene rings is 2. The summed E-state index contributed by atoms with van der Waals surface area (Å²) in [5.74, 6) is 0.320. The van der Waals surface area contributed by atoms with Crippen molar-refractivity contribution in [2.24, 2.45) is 4.99 Å². The lowest BCUT2D eigenvalue weighted by atomic mass is 9.96. The van der Waals surface area contributed by atoms with E-state index in [0.717, 1.165) is 18.5 Å². The second kappa shape index (κ2) is 11.4. The number of hydrogen-bond donors (Lipinski definition) is 0. The molecular weight excluding hydrogens is 726 g/mol. The first kappa shape index (κ1) is 27.3. The molecule has 0 radical (unpaired) electrons. The molecule has 0 saturated carbocycles. The van der Waals surface area contributed by atoms with Crippen LogP contribution in [0.25, 0.3) is 6.08 Å². The van der Waals surface area contributed by atoms with Crippen molar-refractivity contribution in [3.05, 3.63) is 90.6 Å². The van der Waals surface area contributed by atoms with Crippen molar-refractivity contribution in [1.82, 2.24) is 4.57 Å². The minimum Gasteiger partial charge on any atom is -0.489 e. The zero-order valence-electron chi connectivity index (χ0n) is 20.0. The highest BCUT2D eigenvalue weighted by Crippen LogP contribution is 2.34. The third-order valence-corrected chi connectivity index (χ3v) is 8.32. The molecule has 4 rings (SSSR count). The van der Waals surface area contributed by atoms with E-state index in [1.165, 1.54) is 11.3 Å². The van der Waals surface area contributed by atoms with Gasteiger partial charge in [0, 0.05) is 5.02 Å². The lowest BCUT2D eigenvalue weighted by Gasteiger charge is -2.25.